The lowest BCUT2D eigenvalue weighted by molar-refractivity contribution is 1.11. The first kappa shape index (κ1) is 5.88. The first-order valence-electron chi connectivity index (χ1n) is 2.58. The molecule has 9 heavy (non-hydrogen) atoms. The predicted octanol–water partition coefficient (Wildman–Crippen LogP) is 1.12. The molecule has 0 saturated heterocycles. The van der Waals surface area contributed by atoms with E-state index in [2.05, 4.69) is 21.7 Å². The molecule has 0 spiro atoms. The molecule has 0 aliphatic carbocycles. The van der Waals surface area contributed by atoms with E-state index in [0.717, 1.165) is 5.69 Å². The first-order chi connectivity index (χ1) is 4.33. The van der Waals surface area contributed by atoms with Crippen molar-refractivity contribution in [2.75, 3.05) is 0 Å². The van der Waals surface area contributed by atoms with Crippen molar-refractivity contribution in [1.82, 2.24) is 9.97 Å². The summed E-state index contributed by atoms with van der Waals surface area (Å²) in [6, 6.07) is 0. The summed E-state index contributed by atoms with van der Waals surface area (Å²) >= 11 is 0. The Hall–Kier alpha value is -1.25. The summed E-state index contributed by atoms with van der Waals surface area (Å²) in [6.45, 7) is 5.18. The summed E-state index contributed by atoms with van der Waals surface area (Å²) in [5.41, 5.74) is 0.891. The normalized spacial score (nSPS) is 9.00. The molecule has 0 amide bonds. The molecule has 0 aliphatic rings. The largest absolute Gasteiger partial charge is 0.256 e. The van der Waals surface area contributed by atoms with Crippen LogP contribution < -0.4 is 0 Å². The molecule has 0 saturated carbocycles. The van der Waals surface area contributed by atoms with E-state index in [-0.39, 0.29) is 0 Å². The van der Waals surface area contributed by atoms with Crippen molar-refractivity contribution >= 4 is 12.5 Å². The number of aliphatic imine (C=N–C) groups is 1. The number of hydrogen-bond donors (Lipinski definition) is 0. The van der Waals surface area contributed by atoms with Crippen LogP contribution in [0.1, 0.15) is 5.69 Å². The van der Waals surface area contributed by atoms with Gasteiger partial charge in [-0.2, -0.15) is 0 Å². The van der Waals surface area contributed by atoms with Gasteiger partial charge in [-0.1, -0.05) is 0 Å². The van der Waals surface area contributed by atoms with Gasteiger partial charge in [0.25, 0.3) is 0 Å². The molecule has 1 aromatic heterocycles. The highest BCUT2D eigenvalue weighted by atomic mass is 14.9. The molecule has 0 aromatic carbocycles. The van der Waals surface area contributed by atoms with Crippen molar-refractivity contribution in [3.63, 3.8) is 0 Å². The van der Waals surface area contributed by atoms with Crippen LogP contribution >= 0.6 is 0 Å². The quantitative estimate of drug-likeness (QED) is 0.522. The van der Waals surface area contributed by atoms with Crippen LogP contribution in [0.2, 0.25) is 0 Å². The van der Waals surface area contributed by atoms with Gasteiger partial charge in [0, 0.05) is 0 Å². The highest BCUT2D eigenvalue weighted by Crippen LogP contribution is 2.01. The summed E-state index contributed by atoms with van der Waals surface area (Å²) in [6.07, 6.45) is 3.24. The summed E-state index contributed by atoms with van der Waals surface area (Å²) in [4.78, 5) is 11.4. The average Bonchev–Trinajstić information content (AvgIpc) is 1.90. The van der Waals surface area contributed by atoms with Gasteiger partial charge in [0.15, 0.2) is 5.82 Å². The summed E-state index contributed by atoms with van der Waals surface area (Å²) in [5, 5.41) is 0. The molecule has 0 unspecified atom stereocenters. The molecule has 3 nitrogen and oxygen atoms in total. The van der Waals surface area contributed by atoms with E-state index in [4.69, 9.17) is 0 Å². The average molecular weight is 121 g/mol. The van der Waals surface area contributed by atoms with Crippen molar-refractivity contribution in [2.45, 2.75) is 6.92 Å². The third-order valence-corrected chi connectivity index (χ3v) is 0.929. The second kappa shape index (κ2) is 2.35. The van der Waals surface area contributed by atoms with Crippen LogP contribution in [0.25, 0.3) is 0 Å². The molecule has 0 N–H and O–H groups in total. The fourth-order valence-corrected chi connectivity index (χ4v) is 0.467. The van der Waals surface area contributed by atoms with Gasteiger partial charge in [-0.25, -0.2) is 9.98 Å². The zero-order chi connectivity index (χ0) is 6.69. The van der Waals surface area contributed by atoms with Gasteiger partial charge >= 0.3 is 0 Å². The molecule has 0 aliphatic heterocycles. The minimum atomic E-state index is 0.570. The van der Waals surface area contributed by atoms with Gasteiger partial charge in [0.05, 0.1) is 18.1 Å². The van der Waals surface area contributed by atoms with E-state index in [1.54, 1.807) is 12.4 Å². The number of hydrogen-bond acceptors (Lipinski definition) is 3. The maximum absolute atomic E-state index is 3.95. The maximum atomic E-state index is 3.95. The van der Waals surface area contributed by atoms with Gasteiger partial charge in [0.2, 0.25) is 0 Å². The Labute approximate surface area is 53.5 Å². The Kier molecular flexibility index (Phi) is 1.53. The van der Waals surface area contributed by atoms with E-state index in [0.29, 0.717) is 5.82 Å². The first-order valence-corrected chi connectivity index (χ1v) is 2.58. The Balaban J connectivity index is 3.01. The lowest BCUT2D eigenvalue weighted by Gasteiger charge is -1.89. The number of aromatic nitrogens is 2. The van der Waals surface area contributed by atoms with E-state index < -0.39 is 0 Å². The molecule has 3 heteroatoms. The van der Waals surface area contributed by atoms with Crippen LogP contribution in [0.5, 0.6) is 0 Å². The van der Waals surface area contributed by atoms with Crippen molar-refractivity contribution in [3.05, 3.63) is 18.1 Å². The van der Waals surface area contributed by atoms with Crippen LogP contribution in [0, 0.1) is 6.92 Å². The second-order valence-electron chi connectivity index (χ2n) is 1.67. The Morgan fingerprint density at radius 2 is 2.22 bits per heavy atom. The number of aryl methyl sites for hydroxylation is 1. The molecular weight excluding hydrogens is 114 g/mol. The van der Waals surface area contributed by atoms with Crippen LogP contribution in [0.3, 0.4) is 0 Å². The third kappa shape index (κ3) is 1.32. The molecule has 1 aromatic rings. The van der Waals surface area contributed by atoms with E-state index in [1.807, 2.05) is 6.92 Å². The van der Waals surface area contributed by atoms with Gasteiger partial charge in [-0.05, 0) is 13.6 Å². The van der Waals surface area contributed by atoms with Crippen molar-refractivity contribution in [2.24, 2.45) is 4.99 Å². The lowest BCUT2D eigenvalue weighted by atomic mass is 10.5. The standard InChI is InChI=1S/C6H7N3/c1-5-3-9-6(7-2)4-8-5/h3-4H,2H2,1H3. The van der Waals surface area contributed by atoms with Gasteiger partial charge in [-0.3, -0.25) is 4.98 Å². The third-order valence-electron chi connectivity index (χ3n) is 0.929. The molecule has 1 rings (SSSR count). The van der Waals surface area contributed by atoms with Crippen LogP contribution in [0.15, 0.2) is 17.4 Å². The SMILES string of the molecule is C=Nc1cnc(C)cn1. The summed E-state index contributed by atoms with van der Waals surface area (Å²) in [5.74, 6) is 0.570. The van der Waals surface area contributed by atoms with Crippen LogP contribution in [0.4, 0.5) is 5.82 Å². The number of rotatable bonds is 1. The Morgan fingerprint density at radius 3 is 2.67 bits per heavy atom. The zero-order valence-corrected chi connectivity index (χ0v) is 5.20. The molecule has 0 bridgehead atoms. The van der Waals surface area contributed by atoms with Gasteiger partial charge < -0.3 is 0 Å². The highest BCUT2D eigenvalue weighted by Gasteiger charge is 1.86. The smallest absolute Gasteiger partial charge is 0.169 e. The zero-order valence-electron chi connectivity index (χ0n) is 5.20. The van der Waals surface area contributed by atoms with Crippen molar-refractivity contribution in [1.29, 1.82) is 0 Å². The second-order valence-corrected chi connectivity index (χ2v) is 1.67. The van der Waals surface area contributed by atoms with Gasteiger partial charge in [-0.15, -0.1) is 0 Å². The molecule has 46 valence electrons. The molecule has 1 heterocycles. The monoisotopic (exact) mass is 121 g/mol. The van der Waals surface area contributed by atoms with E-state index in [1.165, 1.54) is 0 Å². The molecule has 0 radical (unpaired) electrons. The minimum Gasteiger partial charge on any atom is -0.256 e. The highest BCUT2D eigenvalue weighted by molar-refractivity contribution is 5.37. The summed E-state index contributed by atoms with van der Waals surface area (Å²) < 4.78 is 0. The molecule has 0 fully saturated rings. The number of nitrogens with zero attached hydrogens (tertiary/aromatic N) is 3. The molecule has 0 atom stereocenters. The van der Waals surface area contributed by atoms with Crippen molar-refractivity contribution in [3.8, 4) is 0 Å². The van der Waals surface area contributed by atoms with Crippen LogP contribution in [-0.4, -0.2) is 16.7 Å². The van der Waals surface area contributed by atoms with Crippen molar-refractivity contribution < 1.29 is 0 Å². The Morgan fingerprint density at radius 1 is 1.44 bits per heavy atom. The van der Waals surface area contributed by atoms with E-state index in [9.17, 15) is 0 Å². The summed E-state index contributed by atoms with van der Waals surface area (Å²) in [7, 11) is 0. The fourth-order valence-electron chi connectivity index (χ4n) is 0.467. The fraction of sp³-hybridized carbons (Fsp3) is 0.167. The Bertz CT molecular complexity index is 202. The molecular formula is C6H7N3. The minimum absolute atomic E-state index is 0.570. The predicted molar refractivity (Wildman–Crippen MR) is 36.0 cm³/mol. The van der Waals surface area contributed by atoms with Crippen LogP contribution in [-0.2, 0) is 0 Å². The van der Waals surface area contributed by atoms with E-state index >= 15 is 0 Å². The lowest BCUT2D eigenvalue weighted by Crippen LogP contribution is -1.80. The van der Waals surface area contributed by atoms with Gasteiger partial charge in [0.1, 0.15) is 0 Å². The maximum Gasteiger partial charge on any atom is 0.169 e. The topological polar surface area (TPSA) is 38.1 Å².